The van der Waals surface area contributed by atoms with Crippen molar-refractivity contribution in [3.8, 4) is 0 Å². The summed E-state index contributed by atoms with van der Waals surface area (Å²) in [5.74, 6) is 0.965. The van der Waals surface area contributed by atoms with Crippen molar-refractivity contribution in [2.24, 2.45) is 0 Å². The Bertz CT molecular complexity index is 1290. The fourth-order valence-electron chi connectivity index (χ4n) is 5.29. The van der Waals surface area contributed by atoms with Crippen molar-refractivity contribution < 1.29 is 19.1 Å². The van der Waals surface area contributed by atoms with E-state index in [-0.39, 0.29) is 18.2 Å². The molecule has 1 fully saturated rings. The molecule has 0 radical (unpaired) electrons. The number of rotatable bonds is 6. The molecular weight excluding hydrogens is 454 g/mol. The van der Waals surface area contributed by atoms with E-state index in [0.717, 1.165) is 48.5 Å². The molecule has 0 saturated carbocycles. The number of fused-ring (bicyclic) bond motifs is 1. The molecule has 1 saturated heterocycles. The Morgan fingerprint density at radius 1 is 1.06 bits per heavy atom. The highest BCUT2D eigenvalue weighted by atomic mass is 16.3. The van der Waals surface area contributed by atoms with E-state index in [1.165, 1.54) is 16.9 Å². The zero-order valence-corrected chi connectivity index (χ0v) is 21.1. The summed E-state index contributed by atoms with van der Waals surface area (Å²) in [6.45, 7) is 5.99. The zero-order valence-electron chi connectivity index (χ0n) is 21.1. The van der Waals surface area contributed by atoms with Crippen LogP contribution in [0.3, 0.4) is 0 Å². The third kappa shape index (κ3) is 4.63. The molecule has 2 atom stereocenters. The molecule has 2 aromatic carbocycles. The maximum Gasteiger partial charge on any atom is 0.260 e. The van der Waals surface area contributed by atoms with Crippen molar-refractivity contribution in [3.63, 3.8) is 0 Å². The molecule has 5 rings (SSSR count). The molecule has 2 aliphatic rings. The summed E-state index contributed by atoms with van der Waals surface area (Å²) in [4.78, 5) is 29.3. The van der Waals surface area contributed by atoms with E-state index in [0.29, 0.717) is 17.0 Å². The quantitative estimate of drug-likeness (QED) is 0.540. The van der Waals surface area contributed by atoms with Crippen LogP contribution < -0.4 is 15.1 Å². The van der Waals surface area contributed by atoms with Gasteiger partial charge in [-0.15, -0.1) is 0 Å². The lowest BCUT2D eigenvalue weighted by Crippen LogP contribution is -2.34. The first kappa shape index (κ1) is 24.1. The van der Waals surface area contributed by atoms with E-state index in [9.17, 15) is 14.7 Å². The van der Waals surface area contributed by atoms with Crippen LogP contribution in [0.1, 0.15) is 65.2 Å². The highest BCUT2D eigenvalue weighted by Gasteiger charge is 2.34. The molecule has 36 heavy (non-hydrogen) atoms. The third-order valence-corrected chi connectivity index (χ3v) is 7.22. The third-order valence-electron chi connectivity index (χ3n) is 7.22. The number of furan rings is 1. The van der Waals surface area contributed by atoms with Gasteiger partial charge < -0.3 is 24.6 Å². The average molecular weight is 488 g/mol. The maximum absolute atomic E-state index is 13.3. The van der Waals surface area contributed by atoms with Crippen LogP contribution in [-0.2, 0) is 16.0 Å². The van der Waals surface area contributed by atoms with Gasteiger partial charge >= 0.3 is 0 Å². The number of aliphatic hydroxyl groups excluding tert-OH is 1. The van der Waals surface area contributed by atoms with Gasteiger partial charge in [-0.3, -0.25) is 9.59 Å². The van der Waals surface area contributed by atoms with Crippen LogP contribution in [0.5, 0.6) is 0 Å². The Morgan fingerprint density at radius 3 is 2.56 bits per heavy atom. The van der Waals surface area contributed by atoms with Crippen molar-refractivity contribution in [1.82, 2.24) is 5.32 Å². The van der Waals surface area contributed by atoms with E-state index in [4.69, 9.17) is 4.42 Å². The second-order valence-corrected chi connectivity index (χ2v) is 9.93. The predicted octanol–water partition coefficient (Wildman–Crippen LogP) is 4.34. The minimum Gasteiger partial charge on any atom is -0.464 e. The van der Waals surface area contributed by atoms with Crippen LogP contribution in [-0.4, -0.2) is 37.1 Å². The van der Waals surface area contributed by atoms with Gasteiger partial charge in [-0.2, -0.15) is 0 Å². The number of aryl methyl sites for hydroxylation is 2. The summed E-state index contributed by atoms with van der Waals surface area (Å²) >= 11 is 0. The molecule has 7 nitrogen and oxygen atoms in total. The van der Waals surface area contributed by atoms with Crippen molar-refractivity contribution in [1.29, 1.82) is 0 Å². The lowest BCUT2D eigenvalue weighted by atomic mass is 9.97. The standard InChI is InChI=1S/C29H33N3O4/c1-18-7-10-21(24(15-18)32-13-5-4-6-14-32)27(25-12-8-19(2)36-25)30-26(33)17-20-9-11-23-22(16-20)28(34)29(35)31(23)3/h7-12,15-16,27-28,34H,4-6,13-14,17H2,1-3H3,(H,30,33). The normalized spacial score (nSPS) is 18.3. The Balaban J connectivity index is 1.43. The summed E-state index contributed by atoms with van der Waals surface area (Å²) in [6, 6.07) is 15.1. The van der Waals surface area contributed by atoms with E-state index < -0.39 is 12.1 Å². The molecule has 2 unspecified atom stereocenters. The molecular formula is C29H33N3O4. The van der Waals surface area contributed by atoms with Crippen LogP contribution in [0.15, 0.2) is 52.9 Å². The monoisotopic (exact) mass is 487 g/mol. The topological polar surface area (TPSA) is 86.0 Å². The number of carbonyl (C=O) groups is 2. The van der Waals surface area contributed by atoms with Crippen LogP contribution in [0, 0.1) is 13.8 Å². The lowest BCUT2D eigenvalue weighted by Gasteiger charge is -2.32. The van der Waals surface area contributed by atoms with Gasteiger partial charge in [0, 0.05) is 42.6 Å². The number of nitrogens with zero attached hydrogens (tertiary/aromatic N) is 2. The van der Waals surface area contributed by atoms with Gasteiger partial charge in [0.05, 0.1) is 6.42 Å². The maximum atomic E-state index is 13.3. The molecule has 0 spiro atoms. The number of carbonyl (C=O) groups excluding carboxylic acids is 2. The fraction of sp³-hybridized carbons (Fsp3) is 0.379. The number of likely N-dealkylation sites (N-methyl/N-ethyl adjacent to an activating group) is 1. The van der Waals surface area contributed by atoms with Crippen LogP contribution in [0.25, 0.3) is 0 Å². The van der Waals surface area contributed by atoms with Crippen molar-refractivity contribution >= 4 is 23.2 Å². The first-order valence-corrected chi connectivity index (χ1v) is 12.6. The number of benzene rings is 2. The fourth-order valence-corrected chi connectivity index (χ4v) is 5.29. The average Bonchev–Trinajstić information content (AvgIpc) is 3.40. The SMILES string of the molecule is Cc1ccc(C(NC(=O)Cc2ccc3c(c2)C(O)C(=O)N3C)c2ccc(C)o2)c(N2CCCCC2)c1. The second kappa shape index (κ2) is 9.82. The first-order chi connectivity index (χ1) is 17.3. The Kier molecular flexibility index (Phi) is 6.58. The van der Waals surface area contributed by atoms with Crippen LogP contribution >= 0.6 is 0 Å². The van der Waals surface area contributed by atoms with Gasteiger partial charge in [0.15, 0.2) is 6.10 Å². The minimum atomic E-state index is -1.19. The van der Waals surface area contributed by atoms with Crippen molar-refractivity contribution in [3.05, 3.63) is 82.3 Å². The van der Waals surface area contributed by atoms with Gasteiger partial charge in [0.2, 0.25) is 5.91 Å². The van der Waals surface area contributed by atoms with E-state index in [2.05, 4.69) is 35.3 Å². The highest BCUT2D eigenvalue weighted by molar-refractivity contribution is 6.03. The summed E-state index contributed by atoms with van der Waals surface area (Å²) in [5.41, 5.74) is 5.28. The molecule has 2 N–H and O–H groups in total. The highest BCUT2D eigenvalue weighted by Crippen LogP contribution is 2.36. The van der Waals surface area contributed by atoms with Gasteiger partial charge in [-0.1, -0.05) is 24.3 Å². The van der Waals surface area contributed by atoms with Gasteiger partial charge in [-0.05, 0) is 68.5 Å². The van der Waals surface area contributed by atoms with E-state index >= 15 is 0 Å². The number of hydrogen-bond acceptors (Lipinski definition) is 5. The lowest BCUT2D eigenvalue weighted by molar-refractivity contribution is -0.125. The summed E-state index contributed by atoms with van der Waals surface area (Å²) in [6.07, 6.45) is 2.50. The molecule has 3 aromatic rings. The molecule has 2 amide bonds. The number of anilines is 2. The molecule has 188 valence electrons. The van der Waals surface area contributed by atoms with Gasteiger partial charge in [0.1, 0.15) is 17.6 Å². The molecule has 2 aliphatic heterocycles. The molecule has 0 bridgehead atoms. The predicted molar refractivity (Wildman–Crippen MR) is 139 cm³/mol. The molecule has 1 aromatic heterocycles. The molecule has 3 heterocycles. The van der Waals surface area contributed by atoms with Crippen LogP contribution in [0.4, 0.5) is 11.4 Å². The number of nitrogens with one attached hydrogen (secondary N) is 1. The summed E-state index contributed by atoms with van der Waals surface area (Å²) in [5, 5.41) is 13.5. The number of hydrogen-bond donors (Lipinski definition) is 2. The summed E-state index contributed by atoms with van der Waals surface area (Å²) in [7, 11) is 1.64. The summed E-state index contributed by atoms with van der Waals surface area (Å²) < 4.78 is 6.01. The number of aliphatic hydroxyl groups is 1. The minimum absolute atomic E-state index is 0.124. The Labute approximate surface area is 211 Å². The van der Waals surface area contributed by atoms with Gasteiger partial charge in [-0.25, -0.2) is 0 Å². The van der Waals surface area contributed by atoms with Crippen molar-refractivity contribution in [2.75, 3.05) is 29.9 Å². The smallest absolute Gasteiger partial charge is 0.260 e. The van der Waals surface area contributed by atoms with Crippen molar-refractivity contribution in [2.45, 2.75) is 51.7 Å². The Hall–Kier alpha value is -3.58. The zero-order chi connectivity index (χ0) is 25.4. The van der Waals surface area contributed by atoms with E-state index in [1.54, 1.807) is 19.2 Å². The largest absolute Gasteiger partial charge is 0.464 e. The van der Waals surface area contributed by atoms with E-state index in [1.807, 2.05) is 25.1 Å². The Morgan fingerprint density at radius 2 is 1.83 bits per heavy atom. The second-order valence-electron chi connectivity index (χ2n) is 9.93. The molecule has 0 aliphatic carbocycles. The molecule has 7 heteroatoms. The van der Waals surface area contributed by atoms with Gasteiger partial charge in [0.25, 0.3) is 5.91 Å². The number of amides is 2. The van der Waals surface area contributed by atoms with Crippen LogP contribution in [0.2, 0.25) is 0 Å². The number of piperidine rings is 1. The first-order valence-electron chi connectivity index (χ1n) is 12.6.